The number of nitrogens with zero attached hydrogens (tertiary/aromatic N) is 2. The lowest BCUT2D eigenvalue weighted by atomic mass is 10.2. The fourth-order valence-corrected chi connectivity index (χ4v) is 1.41. The summed E-state index contributed by atoms with van der Waals surface area (Å²) in [6.07, 6.45) is 0. The van der Waals surface area contributed by atoms with E-state index in [1.807, 2.05) is 0 Å². The summed E-state index contributed by atoms with van der Waals surface area (Å²) >= 11 is 0. The number of rotatable bonds is 4. The first-order valence-electron chi connectivity index (χ1n) is 4.94. The summed E-state index contributed by atoms with van der Waals surface area (Å²) in [7, 11) is 3.12. The van der Waals surface area contributed by atoms with Crippen LogP contribution < -0.4 is 9.47 Å². The highest BCUT2D eigenvalue weighted by atomic mass is 16.5. The number of ether oxygens (including phenoxy) is 2. The van der Waals surface area contributed by atoms with Crippen LogP contribution in [0.1, 0.15) is 5.89 Å². The molecule has 0 atom stereocenters. The number of methoxy groups -OCH3 is 2. The summed E-state index contributed by atoms with van der Waals surface area (Å²) in [5.74, 6) is 1.78. The van der Waals surface area contributed by atoms with E-state index in [9.17, 15) is 0 Å². The van der Waals surface area contributed by atoms with Crippen molar-refractivity contribution in [3.05, 3.63) is 24.1 Å². The molecule has 6 nitrogen and oxygen atoms in total. The van der Waals surface area contributed by atoms with E-state index in [-0.39, 0.29) is 12.5 Å². The molecule has 90 valence electrons. The second-order valence-corrected chi connectivity index (χ2v) is 3.24. The lowest BCUT2D eigenvalue weighted by Crippen LogP contribution is -1.91. The van der Waals surface area contributed by atoms with E-state index < -0.39 is 0 Å². The second kappa shape index (κ2) is 4.84. The fourth-order valence-electron chi connectivity index (χ4n) is 1.41. The van der Waals surface area contributed by atoms with Gasteiger partial charge in [0.25, 0.3) is 5.89 Å². The first-order valence-corrected chi connectivity index (χ1v) is 4.94. The molecule has 0 aliphatic rings. The normalized spacial score (nSPS) is 10.3. The van der Waals surface area contributed by atoms with Gasteiger partial charge in [0, 0.05) is 5.56 Å². The molecule has 1 aromatic heterocycles. The van der Waals surface area contributed by atoms with Gasteiger partial charge in [0.05, 0.1) is 14.2 Å². The third kappa shape index (κ3) is 2.21. The number of benzene rings is 1. The Kier molecular flexibility index (Phi) is 3.24. The molecule has 0 fully saturated rings. The van der Waals surface area contributed by atoms with Gasteiger partial charge in [0.1, 0.15) is 6.61 Å². The highest BCUT2D eigenvalue weighted by Gasteiger charge is 2.11. The van der Waals surface area contributed by atoms with Crippen LogP contribution >= 0.6 is 0 Å². The van der Waals surface area contributed by atoms with Crippen molar-refractivity contribution in [3.8, 4) is 22.9 Å². The molecule has 2 aromatic rings. The Labute approximate surface area is 97.8 Å². The van der Waals surface area contributed by atoms with Gasteiger partial charge in [-0.05, 0) is 18.2 Å². The van der Waals surface area contributed by atoms with Crippen LogP contribution in [0.2, 0.25) is 0 Å². The van der Waals surface area contributed by atoms with E-state index in [1.165, 1.54) is 0 Å². The Morgan fingerprint density at radius 3 is 2.59 bits per heavy atom. The van der Waals surface area contributed by atoms with Gasteiger partial charge in [-0.25, -0.2) is 0 Å². The molecule has 17 heavy (non-hydrogen) atoms. The summed E-state index contributed by atoms with van der Waals surface area (Å²) in [5.41, 5.74) is 0.728. The molecule has 0 aliphatic heterocycles. The van der Waals surface area contributed by atoms with Crippen molar-refractivity contribution in [2.45, 2.75) is 6.61 Å². The Balaban J connectivity index is 2.38. The van der Waals surface area contributed by atoms with Crippen molar-refractivity contribution in [1.82, 2.24) is 10.1 Å². The molecule has 1 aromatic carbocycles. The minimum atomic E-state index is -0.277. The molecule has 1 N–H and O–H groups in total. The smallest absolute Gasteiger partial charge is 0.252 e. The maximum absolute atomic E-state index is 8.84. The molecule has 0 spiro atoms. The first-order chi connectivity index (χ1) is 8.28. The molecule has 0 saturated carbocycles. The number of hydrogen-bond donors (Lipinski definition) is 1. The van der Waals surface area contributed by atoms with Crippen LogP contribution in [0.15, 0.2) is 22.7 Å². The summed E-state index contributed by atoms with van der Waals surface area (Å²) in [5, 5.41) is 12.6. The molecule has 0 unspecified atom stereocenters. The van der Waals surface area contributed by atoms with Crippen molar-refractivity contribution in [3.63, 3.8) is 0 Å². The lowest BCUT2D eigenvalue weighted by molar-refractivity contribution is 0.222. The van der Waals surface area contributed by atoms with Gasteiger partial charge >= 0.3 is 0 Å². The first kappa shape index (κ1) is 11.4. The molecule has 2 rings (SSSR count). The molecule has 6 heteroatoms. The summed E-state index contributed by atoms with van der Waals surface area (Å²) in [6.45, 7) is -0.277. The van der Waals surface area contributed by atoms with Gasteiger partial charge < -0.3 is 19.1 Å². The molecular weight excluding hydrogens is 224 g/mol. The van der Waals surface area contributed by atoms with Gasteiger partial charge in [-0.2, -0.15) is 4.98 Å². The van der Waals surface area contributed by atoms with Crippen LogP contribution in [-0.2, 0) is 6.61 Å². The topological polar surface area (TPSA) is 77.6 Å². The van der Waals surface area contributed by atoms with E-state index in [1.54, 1.807) is 32.4 Å². The van der Waals surface area contributed by atoms with Gasteiger partial charge in [0.15, 0.2) is 11.5 Å². The Bertz CT molecular complexity index is 510. The van der Waals surface area contributed by atoms with Gasteiger partial charge in [-0.1, -0.05) is 5.16 Å². The third-order valence-electron chi connectivity index (χ3n) is 2.25. The monoisotopic (exact) mass is 236 g/mol. The minimum Gasteiger partial charge on any atom is -0.493 e. The van der Waals surface area contributed by atoms with Crippen molar-refractivity contribution < 1.29 is 19.1 Å². The van der Waals surface area contributed by atoms with E-state index in [4.69, 9.17) is 19.1 Å². The fraction of sp³-hybridized carbons (Fsp3) is 0.273. The van der Waals surface area contributed by atoms with Crippen molar-refractivity contribution in [1.29, 1.82) is 0 Å². The van der Waals surface area contributed by atoms with Crippen LogP contribution in [-0.4, -0.2) is 29.5 Å². The highest BCUT2D eigenvalue weighted by Crippen LogP contribution is 2.31. The number of aliphatic hydroxyl groups excluding tert-OH is 1. The Morgan fingerprint density at radius 2 is 2.00 bits per heavy atom. The Morgan fingerprint density at radius 1 is 1.24 bits per heavy atom. The average Bonchev–Trinajstić information content (AvgIpc) is 2.86. The molecule has 1 heterocycles. The molecule has 0 aliphatic carbocycles. The maximum atomic E-state index is 8.84. The zero-order valence-corrected chi connectivity index (χ0v) is 9.51. The summed E-state index contributed by atoms with van der Waals surface area (Å²) in [6, 6.07) is 5.28. The number of aromatic nitrogens is 2. The molecular formula is C11H12N2O4. The standard InChI is InChI=1S/C11H12N2O4/c1-15-8-4-3-7(5-9(8)16-2)11-12-10(6-14)17-13-11/h3-5,14H,6H2,1-2H3. The third-order valence-corrected chi connectivity index (χ3v) is 2.25. The SMILES string of the molecule is COc1ccc(-c2noc(CO)n2)cc1OC. The Hall–Kier alpha value is -2.08. The zero-order chi connectivity index (χ0) is 12.3. The minimum absolute atomic E-state index is 0.176. The quantitative estimate of drug-likeness (QED) is 0.860. The van der Waals surface area contributed by atoms with Crippen LogP contribution in [0.4, 0.5) is 0 Å². The largest absolute Gasteiger partial charge is 0.493 e. The van der Waals surface area contributed by atoms with E-state index in [0.29, 0.717) is 17.3 Å². The molecule has 0 bridgehead atoms. The maximum Gasteiger partial charge on any atom is 0.252 e. The summed E-state index contributed by atoms with van der Waals surface area (Å²) in [4.78, 5) is 4.01. The predicted molar refractivity (Wildman–Crippen MR) is 58.8 cm³/mol. The molecule has 0 saturated heterocycles. The van der Waals surface area contributed by atoms with Gasteiger partial charge in [-0.3, -0.25) is 0 Å². The van der Waals surface area contributed by atoms with Crippen LogP contribution in [0.5, 0.6) is 11.5 Å². The number of aliphatic hydroxyl groups is 1. The molecule has 0 radical (unpaired) electrons. The van der Waals surface area contributed by atoms with E-state index in [2.05, 4.69) is 10.1 Å². The van der Waals surface area contributed by atoms with Crippen molar-refractivity contribution in [2.75, 3.05) is 14.2 Å². The predicted octanol–water partition coefficient (Wildman–Crippen LogP) is 1.25. The average molecular weight is 236 g/mol. The van der Waals surface area contributed by atoms with Crippen LogP contribution in [0.3, 0.4) is 0 Å². The zero-order valence-electron chi connectivity index (χ0n) is 9.51. The van der Waals surface area contributed by atoms with Gasteiger partial charge in [-0.15, -0.1) is 0 Å². The van der Waals surface area contributed by atoms with Crippen LogP contribution in [0, 0.1) is 0 Å². The van der Waals surface area contributed by atoms with E-state index in [0.717, 1.165) is 5.56 Å². The van der Waals surface area contributed by atoms with Gasteiger partial charge in [0.2, 0.25) is 5.82 Å². The molecule has 0 amide bonds. The van der Waals surface area contributed by atoms with Crippen molar-refractivity contribution in [2.24, 2.45) is 0 Å². The van der Waals surface area contributed by atoms with E-state index >= 15 is 0 Å². The second-order valence-electron chi connectivity index (χ2n) is 3.24. The van der Waals surface area contributed by atoms with Crippen LogP contribution in [0.25, 0.3) is 11.4 Å². The van der Waals surface area contributed by atoms with Crippen molar-refractivity contribution >= 4 is 0 Å². The number of hydrogen-bond acceptors (Lipinski definition) is 6. The highest BCUT2D eigenvalue weighted by molar-refractivity contribution is 5.60. The lowest BCUT2D eigenvalue weighted by Gasteiger charge is -2.07. The summed E-state index contributed by atoms with van der Waals surface area (Å²) < 4.78 is 15.1.